The van der Waals surface area contributed by atoms with Crippen molar-refractivity contribution >= 4 is 69.0 Å². The van der Waals surface area contributed by atoms with Gasteiger partial charge in [0.2, 0.25) is 0 Å². The van der Waals surface area contributed by atoms with E-state index in [2.05, 4.69) is 24.3 Å². The van der Waals surface area contributed by atoms with E-state index in [1.54, 1.807) is 24.3 Å². The van der Waals surface area contributed by atoms with Crippen molar-refractivity contribution in [1.82, 2.24) is 14.1 Å². The molecule has 2 N–H and O–H groups in total. The molecular formula is C18H16ClN5O2S2. The van der Waals surface area contributed by atoms with E-state index >= 15 is 0 Å². The molecule has 0 unspecified atom stereocenters. The number of nitrogens with zero attached hydrogens (tertiary/aromatic N) is 3. The molecule has 2 aromatic carbocycles. The highest BCUT2D eigenvalue weighted by Gasteiger charge is 2.17. The average Bonchev–Trinajstić information content (AvgIpc) is 3.16. The number of hydrogen-bond acceptors (Lipinski definition) is 7. The maximum atomic E-state index is 12.5. The van der Waals surface area contributed by atoms with Gasteiger partial charge < -0.3 is 15.0 Å². The maximum absolute atomic E-state index is 12.5. The highest BCUT2D eigenvalue weighted by atomic mass is 35.5. The molecule has 1 aliphatic heterocycles. The summed E-state index contributed by atoms with van der Waals surface area (Å²) >= 11 is 12.6. The van der Waals surface area contributed by atoms with Crippen molar-refractivity contribution in [2.45, 2.75) is 0 Å². The molecule has 0 radical (unpaired) electrons. The van der Waals surface area contributed by atoms with E-state index in [0.717, 1.165) is 41.7 Å². The van der Waals surface area contributed by atoms with Crippen LogP contribution >= 0.6 is 35.5 Å². The minimum Gasteiger partial charge on any atom is -0.378 e. The third-order valence-corrected chi connectivity index (χ3v) is 5.30. The molecule has 0 atom stereocenters. The van der Waals surface area contributed by atoms with Crippen molar-refractivity contribution < 1.29 is 9.53 Å². The van der Waals surface area contributed by atoms with Gasteiger partial charge in [0, 0.05) is 23.7 Å². The summed E-state index contributed by atoms with van der Waals surface area (Å²) in [6.07, 6.45) is 0. The molecule has 3 aromatic rings. The zero-order valence-electron chi connectivity index (χ0n) is 14.6. The first kappa shape index (κ1) is 19.0. The average molecular weight is 434 g/mol. The Morgan fingerprint density at radius 1 is 1.14 bits per heavy atom. The van der Waals surface area contributed by atoms with Crippen LogP contribution in [-0.2, 0) is 4.74 Å². The van der Waals surface area contributed by atoms with Gasteiger partial charge in [0.25, 0.3) is 5.91 Å². The summed E-state index contributed by atoms with van der Waals surface area (Å²) in [6, 6.07) is 10.7. The summed E-state index contributed by atoms with van der Waals surface area (Å²) in [5.41, 5.74) is 3.60. The van der Waals surface area contributed by atoms with Crippen LogP contribution in [0, 0.1) is 0 Å². The molecule has 7 nitrogen and oxygen atoms in total. The molecule has 0 bridgehead atoms. The van der Waals surface area contributed by atoms with Crippen LogP contribution in [0.5, 0.6) is 0 Å². The van der Waals surface area contributed by atoms with Crippen molar-refractivity contribution in [3.8, 4) is 0 Å². The van der Waals surface area contributed by atoms with Gasteiger partial charge in [0.1, 0.15) is 11.0 Å². The van der Waals surface area contributed by atoms with Crippen LogP contribution in [0.4, 0.5) is 11.4 Å². The first-order chi connectivity index (χ1) is 13.6. The van der Waals surface area contributed by atoms with Crippen LogP contribution in [0.1, 0.15) is 10.4 Å². The van der Waals surface area contributed by atoms with Crippen LogP contribution in [0.25, 0.3) is 11.0 Å². The summed E-state index contributed by atoms with van der Waals surface area (Å²) in [6.45, 7) is 2.88. The molecule has 2 heterocycles. The van der Waals surface area contributed by atoms with Crippen molar-refractivity contribution in [3.05, 3.63) is 47.0 Å². The van der Waals surface area contributed by atoms with Crippen molar-refractivity contribution in [1.29, 1.82) is 0 Å². The third kappa shape index (κ3) is 4.22. The molecular weight excluding hydrogens is 418 g/mol. The van der Waals surface area contributed by atoms with Crippen LogP contribution in [0.2, 0.25) is 5.02 Å². The molecule has 0 aliphatic carbocycles. The topological polar surface area (TPSA) is 79.4 Å². The number of ether oxygens (including phenoxy) is 1. The summed E-state index contributed by atoms with van der Waals surface area (Å²) in [7, 11) is 0. The molecule has 4 rings (SSSR count). The van der Waals surface area contributed by atoms with Gasteiger partial charge >= 0.3 is 0 Å². The highest BCUT2D eigenvalue weighted by molar-refractivity contribution is 7.80. The standard InChI is InChI=1S/C18H16ClN5O2S2/c19-12-2-4-16(24-5-7-26-8-6-24)15(10-12)20-18(27)21-17(25)11-1-3-13-14(9-11)23-28-22-13/h1-4,9-10H,5-8H2,(H2,20,21,25,27). The van der Waals surface area contributed by atoms with E-state index in [1.807, 2.05) is 12.1 Å². The van der Waals surface area contributed by atoms with E-state index < -0.39 is 0 Å². The number of carbonyl (C=O) groups is 1. The minimum absolute atomic E-state index is 0.193. The fourth-order valence-electron chi connectivity index (χ4n) is 2.94. The second-order valence-electron chi connectivity index (χ2n) is 6.14. The first-order valence-electron chi connectivity index (χ1n) is 8.57. The Kier molecular flexibility index (Phi) is 5.67. The lowest BCUT2D eigenvalue weighted by Gasteiger charge is -2.30. The highest BCUT2D eigenvalue weighted by Crippen LogP contribution is 2.29. The van der Waals surface area contributed by atoms with E-state index in [0.29, 0.717) is 29.3 Å². The second kappa shape index (κ2) is 8.36. The lowest BCUT2D eigenvalue weighted by Crippen LogP contribution is -2.38. The third-order valence-electron chi connectivity index (χ3n) is 4.30. The Morgan fingerprint density at radius 2 is 1.93 bits per heavy atom. The molecule has 1 saturated heterocycles. The predicted octanol–water partition coefficient (Wildman–Crippen LogP) is 3.31. The lowest BCUT2D eigenvalue weighted by atomic mass is 10.2. The van der Waals surface area contributed by atoms with E-state index in [1.165, 1.54) is 0 Å². The number of halogens is 1. The van der Waals surface area contributed by atoms with Gasteiger partial charge in [-0.25, -0.2) is 0 Å². The van der Waals surface area contributed by atoms with Gasteiger partial charge in [-0.05, 0) is 48.6 Å². The Morgan fingerprint density at radius 3 is 2.75 bits per heavy atom. The molecule has 10 heteroatoms. The van der Waals surface area contributed by atoms with E-state index in [-0.39, 0.29) is 11.0 Å². The largest absolute Gasteiger partial charge is 0.378 e. The number of aromatic nitrogens is 2. The summed E-state index contributed by atoms with van der Waals surface area (Å²) in [4.78, 5) is 14.7. The molecule has 28 heavy (non-hydrogen) atoms. The zero-order chi connectivity index (χ0) is 19.5. The van der Waals surface area contributed by atoms with Crippen LogP contribution in [0.3, 0.4) is 0 Å². The number of morpholine rings is 1. The van der Waals surface area contributed by atoms with Gasteiger partial charge in [-0.2, -0.15) is 8.75 Å². The number of benzene rings is 2. The van der Waals surface area contributed by atoms with Gasteiger partial charge in [-0.3, -0.25) is 10.1 Å². The van der Waals surface area contributed by atoms with E-state index in [9.17, 15) is 4.79 Å². The molecule has 144 valence electrons. The number of fused-ring (bicyclic) bond motifs is 1. The smallest absolute Gasteiger partial charge is 0.257 e. The van der Waals surface area contributed by atoms with Crippen LogP contribution in [0.15, 0.2) is 36.4 Å². The SMILES string of the molecule is O=C(NC(=S)Nc1cc(Cl)ccc1N1CCOCC1)c1ccc2nsnc2c1. The Labute approximate surface area is 176 Å². The van der Waals surface area contributed by atoms with Gasteiger partial charge in [-0.15, -0.1) is 0 Å². The number of carbonyl (C=O) groups excluding carboxylic acids is 1. The first-order valence-corrected chi connectivity index (χ1v) is 10.1. The second-order valence-corrected chi connectivity index (χ2v) is 7.51. The van der Waals surface area contributed by atoms with Crippen molar-refractivity contribution in [2.75, 3.05) is 36.5 Å². The van der Waals surface area contributed by atoms with Crippen molar-refractivity contribution in [3.63, 3.8) is 0 Å². The number of nitrogens with one attached hydrogen (secondary N) is 2. The Hall–Kier alpha value is -2.33. The monoisotopic (exact) mass is 433 g/mol. The normalized spacial score (nSPS) is 14.1. The molecule has 1 aromatic heterocycles. The number of anilines is 2. The molecule has 1 fully saturated rings. The van der Waals surface area contributed by atoms with Gasteiger partial charge in [0.15, 0.2) is 5.11 Å². The lowest BCUT2D eigenvalue weighted by molar-refractivity contribution is 0.0978. The van der Waals surface area contributed by atoms with E-state index in [4.69, 9.17) is 28.6 Å². The number of thiocarbonyl (C=S) groups is 1. The maximum Gasteiger partial charge on any atom is 0.257 e. The van der Waals surface area contributed by atoms with Gasteiger partial charge in [-0.1, -0.05) is 11.6 Å². The summed E-state index contributed by atoms with van der Waals surface area (Å²) in [5.74, 6) is -0.317. The number of rotatable bonds is 3. The quantitative estimate of drug-likeness (QED) is 0.613. The predicted molar refractivity (Wildman–Crippen MR) is 116 cm³/mol. The molecule has 1 amide bonds. The van der Waals surface area contributed by atoms with Crippen LogP contribution in [-0.4, -0.2) is 46.1 Å². The number of amides is 1. The number of hydrogen-bond donors (Lipinski definition) is 2. The van der Waals surface area contributed by atoms with Gasteiger partial charge in [0.05, 0.1) is 36.3 Å². The molecule has 1 aliphatic rings. The fraction of sp³-hybridized carbons (Fsp3) is 0.222. The summed E-state index contributed by atoms with van der Waals surface area (Å²) < 4.78 is 13.7. The van der Waals surface area contributed by atoms with Crippen molar-refractivity contribution in [2.24, 2.45) is 0 Å². The Bertz CT molecular complexity index is 1040. The fourth-order valence-corrected chi connectivity index (χ4v) is 3.83. The molecule has 0 saturated carbocycles. The minimum atomic E-state index is -0.317. The molecule has 0 spiro atoms. The zero-order valence-corrected chi connectivity index (χ0v) is 17.0. The summed E-state index contributed by atoms with van der Waals surface area (Å²) in [5, 5.41) is 6.56. The Balaban J connectivity index is 1.48. The van der Waals surface area contributed by atoms with Crippen LogP contribution < -0.4 is 15.5 Å².